The summed E-state index contributed by atoms with van der Waals surface area (Å²) in [6, 6.07) is 0. The van der Waals surface area contributed by atoms with Gasteiger partial charge in [-0.05, 0) is 19.3 Å². The highest BCUT2D eigenvalue weighted by atomic mass is 16.1. The van der Waals surface area contributed by atoms with E-state index in [4.69, 9.17) is 0 Å². The van der Waals surface area contributed by atoms with Gasteiger partial charge in [-0.3, -0.25) is 4.79 Å². The first kappa shape index (κ1) is 11.2. The fourth-order valence-electron chi connectivity index (χ4n) is 2.45. The first-order valence-corrected chi connectivity index (χ1v) is 5.50. The summed E-state index contributed by atoms with van der Waals surface area (Å²) in [6.07, 6.45) is 10.7. The number of hydrogen-bond acceptors (Lipinski definition) is 1. The molecule has 0 N–H and O–H groups in total. The van der Waals surface area contributed by atoms with Crippen LogP contribution in [0.4, 0.5) is 0 Å². The SMILES string of the molecule is C=CCC(=O)C1(CC=C)CCCCC1. The van der Waals surface area contributed by atoms with Crippen molar-refractivity contribution in [1.29, 1.82) is 0 Å². The summed E-state index contributed by atoms with van der Waals surface area (Å²) in [6.45, 7) is 7.40. The summed E-state index contributed by atoms with van der Waals surface area (Å²) in [5.41, 5.74) is -0.0891. The van der Waals surface area contributed by atoms with Gasteiger partial charge in [-0.25, -0.2) is 0 Å². The Balaban J connectivity index is 2.72. The van der Waals surface area contributed by atoms with Crippen molar-refractivity contribution < 1.29 is 4.79 Å². The Bertz CT molecular complexity index is 221. The van der Waals surface area contributed by atoms with Crippen LogP contribution in [-0.2, 0) is 4.79 Å². The highest BCUT2D eigenvalue weighted by Gasteiger charge is 2.36. The molecule has 1 heteroatoms. The Kier molecular flexibility index (Phi) is 4.12. The molecular weight excluding hydrogens is 172 g/mol. The van der Waals surface area contributed by atoms with E-state index in [0.29, 0.717) is 12.2 Å². The minimum absolute atomic E-state index is 0.0891. The lowest BCUT2D eigenvalue weighted by atomic mass is 9.68. The van der Waals surface area contributed by atoms with Crippen molar-refractivity contribution in [3.05, 3.63) is 25.3 Å². The second kappa shape index (κ2) is 5.14. The van der Waals surface area contributed by atoms with Crippen molar-refractivity contribution in [2.45, 2.75) is 44.9 Å². The Hall–Kier alpha value is -0.850. The van der Waals surface area contributed by atoms with Crippen LogP contribution in [0, 0.1) is 5.41 Å². The Morgan fingerprint density at radius 3 is 2.29 bits per heavy atom. The third-order valence-electron chi connectivity index (χ3n) is 3.27. The molecule has 1 rings (SSSR count). The Morgan fingerprint density at radius 1 is 1.14 bits per heavy atom. The molecule has 1 aliphatic carbocycles. The van der Waals surface area contributed by atoms with Gasteiger partial charge in [0.1, 0.15) is 5.78 Å². The van der Waals surface area contributed by atoms with E-state index < -0.39 is 0 Å². The van der Waals surface area contributed by atoms with Crippen molar-refractivity contribution in [1.82, 2.24) is 0 Å². The number of rotatable bonds is 5. The zero-order valence-corrected chi connectivity index (χ0v) is 8.93. The van der Waals surface area contributed by atoms with Gasteiger partial charge in [-0.15, -0.1) is 13.2 Å². The lowest BCUT2D eigenvalue weighted by molar-refractivity contribution is -0.129. The molecular formula is C13H20O. The lowest BCUT2D eigenvalue weighted by Gasteiger charge is -2.34. The van der Waals surface area contributed by atoms with Crippen molar-refractivity contribution in [3.63, 3.8) is 0 Å². The maximum absolute atomic E-state index is 12.0. The minimum atomic E-state index is -0.0891. The van der Waals surface area contributed by atoms with Crippen LogP contribution in [0.5, 0.6) is 0 Å². The Labute approximate surface area is 86.9 Å². The van der Waals surface area contributed by atoms with Crippen LogP contribution >= 0.6 is 0 Å². The molecule has 1 aliphatic rings. The van der Waals surface area contributed by atoms with E-state index in [0.717, 1.165) is 19.3 Å². The zero-order chi connectivity index (χ0) is 10.4. The fraction of sp³-hybridized carbons (Fsp3) is 0.615. The van der Waals surface area contributed by atoms with Gasteiger partial charge in [-0.1, -0.05) is 31.4 Å². The maximum Gasteiger partial charge on any atom is 0.143 e. The average molecular weight is 192 g/mol. The molecule has 0 aliphatic heterocycles. The summed E-state index contributed by atoms with van der Waals surface area (Å²) >= 11 is 0. The molecule has 0 aromatic rings. The predicted molar refractivity (Wildman–Crippen MR) is 60.2 cm³/mol. The van der Waals surface area contributed by atoms with Gasteiger partial charge >= 0.3 is 0 Å². The van der Waals surface area contributed by atoms with Crippen LogP contribution < -0.4 is 0 Å². The third-order valence-corrected chi connectivity index (χ3v) is 3.27. The maximum atomic E-state index is 12.0. The topological polar surface area (TPSA) is 17.1 Å². The van der Waals surface area contributed by atoms with Crippen molar-refractivity contribution >= 4 is 5.78 Å². The second-order valence-electron chi connectivity index (χ2n) is 4.25. The number of allylic oxidation sites excluding steroid dienone is 2. The standard InChI is InChI=1S/C13H20O/c1-3-8-12(14)13(9-4-2)10-6-5-7-11-13/h3-4H,1-2,5-11H2. The molecule has 0 heterocycles. The molecule has 0 aromatic heterocycles. The van der Waals surface area contributed by atoms with Crippen molar-refractivity contribution in [2.75, 3.05) is 0 Å². The predicted octanol–water partition coefficient (Wildman–Crippen LogP) is 3.66. The van der Waals surface area contributed by atoms with Crippen LogP contribution in [0.3, 0.4) is 0 Å². The van der Waals surface area contributed by atoms with Gasteiger partial charge in [0.25, 0.3) is 0 Å². The first-order chi connectivity index (χ1) is 6.75. The molecule has 0 spiro atoms. The number of carbonyl (C=O) groups is 1. The normalized spacial score (nSPS) is 20.0. The molecule has 1 fully saturated rings. The summed E-state index contributed by atoms with van der Waals surface area (Å²) in [5, 5.41) is 0. The molecule has 0 bridgehead atoms. The number of hydrogen-bond donors (Lipinski definition) is 0. The molecule has 0 unspecified atom stereocenters. The van der Waals surface area contributed by atoms with Crippen LogP contribution in [0.25, 0.3) is 0 Å². The van der Waals surface area contributed by atoms with E-state index in [1.54, 1.807) is 6.08 Å². The van der Waals surface area contributed by atoms with Gasteiger partial charge in [0, 0.05) is 11.8 Å². The summed E-state index contributed by atoms with van der Waals surface area (Å²) < 4.78 is 0. The van der Waals surface area contributed by atoms with Crippen molar-refractivity contribution in [3.8, 4) is 0 Å². The molecule has 1 nitrogen and oxygen atoms in total. The van der Waals surface area contributed by atoms with Gasteiger partial charge in [0.2, 0.25) is 0 Å². The van der Waals surface area contributed by atoms with E-state index in [1.165, 1.54) is 19.3 Å². The van der Waals surface area contributed by atoms with Crippen LogP contribution in [0.15, 0.2) is 25.3 Å². The van der Waals surface area contributed by atoms with E-state index in [-0.39, 0.29) is 5.41 Å². The lowest BCUT2D eigenvalue weighted by Crippen LogP contribution is -2.32. The van der Waals surface area contributed by atoms with Gasteiger partial charge in [0.15, 0.2) is 0 Å². The summed E-state index contributed by atoms with van der Waals surface area (Å²) in [4.78, 5) is 12.0. The number of carbonyl (C=O) groups excluding carboxylic acids is 1. The molecule has 0 amide bonds. The largest absolute Gasteiger partial charge is 0.299 e. The van der Waals surface area contributed by atoms with E-state index in [9.17, 15) is 4.79 Å². The minimum Gasteiger partial charge on any atom is -0.299 e. The highest BCUT2D eigenvalue weighted by molar-refractivity contribution is 5.86. The molecule has 0 radical (unpaired) electrons. The fourth-order valence-corrected chi connectivity index (χ4v) is 2.45. The number of ketones is 1. The van der Waals surface area contributed by atoms with E-state index in [1.807, 2.05) is 6.08 Å². The summed E-state index contributed by atoms with van der Waals surface area (Å²) in [5.74, 6) is 0.368. The quantitative estimate of drug-likeness (QED) is 0.607. The van der Waals surface area contributed by atoms with Gasteiger partial charge < -0.3 is 0 Å². The first-order valence-electron chi connectivity index (χ1n) is 5.50. The van der Waals surface area contributed by atoms with Crippen LogP contribution in [0.1, 0.15) is 44.9 Å². The van der Waals surface area contributed by atoms with E-state index in [2.05, 4.69) is 13.2 Å². The second-order valence-corrected chi connectivity index (χ2v) is 4.25. The molecule has 14 heavy (non-hydrogen) atoms. The highest BCUT2D eigenvalue weighted by Crippen LogP contribution is 2.41. The average Bonchev–Trinajstić information content (AvgIpc) is 2.20. The summed E-state index contributed by atoms with van der Waals surface area (Å²) in [7, 11) is 0. The molecule has 0 aromatic carbocycles. The smallest absolute Gasteiger partial charge is 0.143 e. The molecule has 1 saturated carbocycles. The van der Waals surface area contributed by atoms with Crippen molar-refractivity contribution in [2.24, 2.45) is 5.41 Å². The van der Waals surface area contributed by atoms with Gasteiger partial charge in [0.05, 0.1) is 0 Å². The van der Waals surface area contributed by atoms with E-state index >= 15 is 0 Å². The zero-order valence-electron chi connectivity index (χ0n) is 8.93. The molecule has 0 saturated heterocycles. The van der Waals surface area contributed by atoms with Crippen LogP contribution in [-0.4, -0.2) is 5.78 Å². The molecule has 0 atom stereocenters. The number of Topliss-reactive ketones (excluding diaryl/α,β-unsaturated/α-hetero) is 1. The molecule has 78 valence electrons. The Morgan fingerprint density at radius 2 is 1.79 bits per heavy atom. The van der Waals surface area contributed by atoms with Crippen LogP contribution in [0.2, 0.25) is 0 Å². The van der Waals surface area contributed by atoms with Gasteiger partial charge in [-0.2, -0.15) is 0 Å². The monoisotopic (exact) mass is 192 g/mol. The third kappa shape index (κ3) is 2.34.